The molecule has 1 heterocycles. The lowest BCUT2D eigenvalue weighted by Crippen LogP contribution is -2.48. The predicted molar refractivity (Wildman–Crippen MR) is 88.4 cm³/mol. The normalized spacial score (nSPS) is 15.6. The van der Waals surface area contributed by atoms with Crippen LogP contribution in [0, 0.1) is 5.82 Å². The molecule has 1 aliphatic heterocycles. The van der Waals surface area contributed by atoms with Crippen LogP contribution in [0.5, 0.6) is 0 Å². The summed E-state index contributed by atoms with van der Waals surface area (Å²) >= 11 is 0. The molecule has 2 aromatic rings. The summed E-state index contributed by atoms with van der Waals surface area (Å²) < 4.78 is 13.2. The fraction of sp³-hybridized carbons (Fsp3) is 0.316. The highest BCUT2D eigenvalue weighted by Gasteiger charge is 2.21. The van der Waals surface area contributed by atoms with Crippen LogP contribution in [0.2, 0.25) is 0 Å². The van der Waals surface area contributed by atoms with E-state index in [1.807, 2.05) is 41.3 Å². The zero-order valence-electron chi connectivity index (χ0n) is 13.1. The summed E-state index contributed by atoms with van der Waals surface area (Å²) in [5, 5.41) is 0. The van der Waals surface area contributed by atoms with Gasteiger partial charge in [-0.05, 0) is 23.3 Å². The Bertz CT molecular complexity index is 651. The minimum atomic E-state index is -0.195. The van der Waals surface area contributed by atoms with E-state index in [9.17, 15) is 9.18 Å². The maximum absolute atomic E-state index is 13.2. The molecule has 1 fully saturated rings. The van der Waals surface area contributed by atoms with Crippen molar-refractivity contribution in [1.82, 2.24) is 9.80 Å². The molecule has 1 aliphatic rings. The fourth-order valence-corrected chi connectivity index (χ4v) is 2.93. The van der Waals surface area contributed by atoms with Crippen molar-refractivity contribution in [3.05, 3.63) is 71.5 Å². The first-order valence-electron chi connectivity index (χ1n) is 7.99. The molecule has 0 aliphatic carbocycles. The molecule has 23 heavy (non-hydrogen) atoms. The van der Waals surface area contributed by atoms with Crippen LogP contribution in [-0.4, -0.2) is 41.9 Å². The van der Waals surface area contributed by atoms with Gasteiger partial charge in [-0.1, -0.05) is 42.5 Å². The van der Waals surface area contributed by atoms with Crippen molar-refractivity contribution >= 4 is 5.91 Å². The van der Waals surface area contributed by atoms with E-state index in [-0.39, 0.29) is 11.7 Å². The molecule has 3 nitrogen and oxygen atoms in total. The number of benzene rings is 2. The Morgan fingerprint density at radius 3 is 2.30 bits per heavy atom. The molecule has 0 radical (unpaired) electrons. The van der Waals surface area contributed by atoms with Crippen LogP contribution in [-0.2, 0) is 17.8 Å². The summed E-state index contributed by atoms with van der Waals surface area (Å²) in [4.78, 5) is 16.5. The van der Waals surface area contributed by atoms with E-state index in [0.29, 0.717) is 6.42 Å². The maximum atomic E-state index is 13.2. The predicted octanol–water partition coefficient (Wildman–Crippen LogP) is 2.71. The van der Waals surface area contributed by atoms with Gasteiger partial charge in [-0.3, -0.25) is 9.69 Å². The zero-order valence-corrected chi connectivity index (χ0v) is 13.1. The van der Waals surface area contributed by atoms with Crippen LogP contribution in [0.25, 0.3) is 0 Å². The molecule has 0 spiro atoms. The number of hydrogen-bond acceptors (Lipinski definition) is 2. The van der Waals surface area contributed by atoms with Gasteiger partial charge in [0.1, 0.15) is 5.82 Å². The summed E-state index contributed by atoms with van der Waals surface area (Å²) in [6.07, 6.45) is 0.463. The van der Waals surface area contributed by atoms with Crippen LogP contribution in [0.15, 0.2) is 54.6 Å². The lowest BCUT2D eigenvalue weighted by Gasteiger charge is -2.34. The average Bonchev–Trinajstić information content (AvgIpc) is 2.56. The first-order valence-corrected chi connectivity index (χ1v) is 7.99. The highest BCUT2D eigenvalue weighted by molar-refractivity contribution is 5.78. The Kier molecular flexibility index (Phi) is 5.03. The van der Waals surface area contributed by atoms with Gasteiger partial charge in [0.05, 0.1) is 6.42 Å². The smallest absolute Gasteiger partial charge is 0.227 e. The number of carbonyl (C=O) groups is 1. The van der Waals surface area contributed by atoms with Gasteiger partial charge in [0.15, 0.2) is 0 Å². The molecule has 120 valence electrons. The third-order valence-corrected chi connectivity index (χ3v) is 4.22. The summed E-state index contributed by atoms with van der Waals surface area (Å²) in [5.41, 5.74) is 2.04. The third-order valence-electron chi connectivity index (χ3n) is 4.22. The van der Waals surface area contributed by atoms with Crippen LogP contribution in [0.1, 0.15) is 11.1 Å². The van der Waals surface area contributed by atoms with Crippen molar-refractivity contribution in [3.63, 3.8) is 0 Å². The van der Waals surface area contributed by atoms with Crippen molar-refractivity contribution in [2.75, 3.05) is 26.2 Å². The van der Waals surface area contributed by atoms with Gasteiger partial charge in [0, 0.05) is 32.7 Å². The van der Waals surface area contributed by atoms with Crippen LogP contribution < -0.4 is 0 Å². The molecule has 1 saturated heterocycles. The second-order valence-electron chi connectivity index (χ2n) is 5.95. The topological polar surface area (TPSA) is 23.6 Å². The number of rotatable bonds is 4. The molecule has 1 amide bonds. The highest BCUT2D eigenvalue weighted by atomic mass is 19.1. The second kappa shape index (κ2) is 7.38. The van der Waals surface area contributed by atoms with Gasteiger partial charge < -0.3 is 4.90 Å². The second-order valence-corrected chi connectivity index (χ2v) is 5.95. The minimum Gasteiger partial charge on any atom is -0.340 e. The number of nitrogens with zero attached hydrogens (tertiary/aromatic N) is 2. The lowest BCUT2D eigenvalue weighted by atomic mass is 10.1. The van der Waals surface area contributed by atoms with Crippen molar-refractivity contribution in [2.24, 2.45) is 0 Å². The van der Waals surface area contributed by atoms with Gasteiger partial charge in [-0.2, -0.15) is 0 Å². The number of hydrogen-bond donors (Lipinski definition) is 0. The third kappa shape index (κ3) is 4.39. The summed E-state index contributed by atoms with van der Waals surface area (Å²) in [6.45, 7) is 3.87. The van der Waals surface area contributed by atoms with Crippen LogP contribution in [0.3, 0.4) is 0 Å². The molecule has 0 aromatic heterocycles. The first-order chi connectivity index (χ1) is 11.2. The van der Waals surface area contributed by atoms with Gasteiger partial charge in [0.2, 0.25) is 5.91 Å². The standard InChI is InChI=1S/C19H21FN2O/c20-18-8-4-7-17(13-18)15-21-9-11-22(12-10-21)19(23)14-16-5-2-1-3-6-16/h1-8,13H,9-12,14-15H2. The largest absolute Gasteiger partial charge is 0.340 e. The summed E-state index contributed by atoms with van der Waals surface area (Å²) in [7, 11) is 0. The van der Waals surface area contributed by atoms with E-state index in [2.05, 4.69) is 4.90 Å². The molecule has 0 unspecified atom stereocenters. The number of halogens is 1. The van der Waals surface area contributed by atoms with E-state index < -0.39 is 0 Å². The number of amides is 1. The quantitative estimate of drug-likeness (QED) is 0.866. The minimum absolute atomic E-state index is 0.182. The van der Waals surface area contributed by atoms with Crippen LogP contribution in [0.4, 0.5) is 4.39 Å². The maximum Gasteiger partial charge on any atom is 0.227 e. The van der Waals surface area contributed by atoms with E-state index >= 15 is 0 Å². The summed E-state index contributed by atoms with van der Waals surface area (Å²) in [6, 6.07) is 16.6. The van der Waals surface area contributed by atoms with Crippen molar-refractivity contribution in [2.45, 2.75) is 13.0 Å². The molecular formula is C19H21FN2O. The SMILES string of the molecule is O=C(Cc1ccccc1)N1CCN(Cc2cccc(F)c2)CC1. The van der Waals surface area contributed by atoms with E-state index in [4.69, 9.17) is 0 Å². The Morgan fingerprint density at radius 1 is 0.913 bits per heavy atom. The zero-order chi connectivity index (χ0) is 16.1. The molecule has 4 heteroatoms. The van der Waals surface area contributed by atoms with E-state index in [0.717, 1.165) is 43.9 Å². The molecule has 0 N–H and O–H groups in total. The highest BCUT2D eigenvalue weighted by Crippen LogP contribution is 2.11. The molecular weight excluding hydrogens is 291 g/mol. The number of carbonyl (C=O) groups excluding carboxylic acids is 1. The molecule has 0 saturated carbocycles. The van der Waals surface area contributed by atoms with Crippen molar-refractivity contribution < 1.29 is 9.18 Å². The van der Waals surface area contributed by atoms with Crippen LogP contribution >= 0.6 is 0 Å². The molecule has 3 rings (SSSR count). The molecule has 0 atom stereocenters. The van der Waals surface area contributed by atoms with Gasteiger partial charge >= 0.3 is 0 Å². The Balaban J connectivity index is 1.49. The van der Waals surface area contributed by atoms with Gasteiger partial charge in [-0.25, -0.2) is 4.39 Å². The first kappa shape index (κ1) is 15.7. The molecule has 2 aromatic carbocycles. The van der Waals surface area contributed by atoms with E-state index in [1.165, 1.54) is 6.07 Å². The van der Waals surface area contributed by atoms with Crippen molar-refractivity contribution in [1.29, 1.82) is 0 Å². The van der Waals surface area contributed by atoms with Gasteiger partial charge in [0.25, 0.3) is 0 Å². The summed E-state index contributed by atoms with van der Waals surface area (Å²) in [5.74, 6) is -0.0132. The van der Waals surface area contributed by atoms with Crippen molar-refractivity contribution in [3.8, 4) is 0 Å². The Morgan fingerprint density at radius 2 is 1.61 bits per heavy atom. The number of piperazine rings is 1. The van der Waals surface area contributed by atoms with E-state index in [1.54, 1.807) is 12.1 Å². The Labute approximate surface area is 136 Å². The molecule has 0 bridgehead atoms. The lowest BCUT2D eigenvalue weighted by molar-refractivity contribution is -0.132. The Hall–Kier alpha value is -2.20. The average molecular weight is 312 g/mol. The van der Waals surface area contributed by atoms with Gasteiger partial charge in [-0.15, -0.1) is 0 Å². The fourth-order valence-electron chi connectivity index (χ4n) is 2.93. The monoisotopic (exact) mass is 312 g/mol.